The number of methoxy groups -OCH3 is 1. The van der Waals surface area contributed by atoms with Crippen LogP contribution in [-0.2, 0) is 19.0 Å². The summed E-state index contributed by atoms with van der Waals surface area (Å²) >= 11 is 5.51. The molecule has 0 unspecified atom stereocenters. The summed E-state index contributed by atoms with van der Waals surface area (Å²) in [6.07, 6.45) is 0.754. The zero-order valence-corrected chi connectivity index (χ0v) is 17.3. The molecule has 6 nitrogen and oxygen atoms in total. The smallest absolute Gasteiger partial charge is 0.338 e. The van der Waals surface area contributed by atoms with Crippen molar-refractivity contribution in [3.63, 3.8) is 0 Å². The van der Waals surface area contributed by atoms with Crippen LogP contribution in [0.15, 0.2) is 35.5 Å². The number of thiocarbonyl (C=S) groups is 1. The highest BCUT2D eigenvalue weighted by Gasteiger charge is 2.34. The van der Waals surface area contributed by atoms with E-state index in [1.165, 1.54) is 19.2 Å². The Balaban J connectivity index is 2.32. The van der Waals surface area contributed by atoms with Crippen LogP contribution < -0.4 is 5.32 Å². The number of hydrogen-bond donors (Lipinski definition) is 1. The molecule has 1 heterocycles. The van der Waals surface area contributed by atoms with Crippen LogP contribution in [0.5, 0.6) is 0 Å². The van der Waals surface area contributed by atoms with Gasteiger partial charge in [-0.05, 0) is 50.2 Å². The summed E-state index contributed by atoms with van der Waals surface area (Å²) in [4.78, 5) is 14.7. The van der Waals surface area contributed by atoms with Crippen molar-refractivity contribution in [2.45, 2.75) is 26.3 Å². The summed E-state index contributed by atoms with van der Waals surface area (Å²) in [5.41, 5.74) is 1.71. The summed E-state index contributed by atoms with van der Waals surface area (Å²) < 4.78 is 29.5. The molecule has 0 amide bonds. The fourth-order valence-electron chi connectivity index (χ4n) is 3.02. The largest absolute Gasteiger partial charge is 0.460 e. The van der Waals surface area contributed by atoms with E-state index in [1.54, 1.807) is 12.1 Å². The molecule has 0 aliphatic carbocycles. The molecule has 0 bridgehead atoms. The second-order valence-electron chi connectivity index (χ2n) is 6.27. The predicted octanol–water partition coefficient (Wildman–Crippen LogP) is 2.95. The number of allylic oxidation sites excluding steroid dienone is 1. The van der Waals surface area contributed by atoms with Crippen LogP contribution in [0.4, 0.5) is 4.39 Å². The monoisotopic (exact) mass is 410 g/mol. The Morgan fingerprint density at radius 3 is 2.79 bits per heavy atom. The number of ether oxygens (including phenoxy) is 3. The molecule has 154 valence electrons. The third-order valence-electron chi connectivity index (χ3n) is 4.39. The molecule has 0 fully saturated rings. The number of carbonyl (C=O) groups excluding carboxylic acids is 1. The van der Waals surface area contributed by atoms with Crippen molar-refractivity contribution in [3.05, 3.63) is 46.9 Å². The maximum atomic E-state index is 13.8. The summed E-state index contributed by atoms with van der Waals surface area (Å²) in [7, 11) is 1.54. The van der Waals surface area contributed by atoms with Crippen molar-refractivity contribution < 1.29 is 23.4 Å². The van der Waals surface area contributed by atoms with Gasteiger partial charge in [0, 0.05) is 32.6 Å². The van der Waals surface area contributed by atoms with Gasteiger partial charge in [0.15, 0.2) is 5.11 Å². The second-order valence-corrected chi connectivity index (χ2v) is 6.65. The number of halogens is 1. The minimum Gasteiger partial charge on any atom is -0.460 e. The summed E-state index contributed by atoms with van der Waals surface area (Å²) in [6, 6.07) is 5.52. The Bertz CT molecular complexity index is 726. The highest BCUT2D eigenvalue weighted by atomic mass is 32.1. The number of nitrogens with one attached hydrogen (secondary N) is 1. The number of hydrogen-bond acceptors (Lipinski definition) is 5. The van der Waals surface area contributed by atoms with Gasteiger partial charge in [-0.1, -0.05) is 12.1 Å². The average molecular weight is 411 g/mol. The molecule has 1 atom stereocenters. The van der Waals surface area contributed by atoms with Crippen LogP contribution in [0, 0.1) is 5.82 Å². The fraction of sp³-hybridized carbons (Fsp3) is 0.500. The lowest BCUT2D eigenvalue weighted by Gasteiger charge is -2.37. The second kappa shape index (κ2) is 11.1. The first-order valence-corrected chi connectivity index (χ1v) is 9.68. The number of esters is 1. The van der Waals surface area contributed by atoms with Gasteiger partial charge in [0.2, 0.25) is 0 Å². The van der Waals surface area contributed by atoms with Crippen LogP contribution in [0.25, 0.3) is 0 Å². The summed E-state index contributed by atoms with van der Waals surface area (Å²) in [5.74, 6) is -0.859. The van der Waals surface area contributed by atoms with Gasteiger partial charge in [-0.2, -0.15) is 0 Å². The standard InChI is InChI=1S/C20H27FN2O4S/c1-4-26-10-6-9-23-14(2)17(19(24)27-12-11-25-3)18(22-20(23)28)15-7-5-8-16(21)13-15/h5,7-8,13,18H,4,6,9-12H2,1-3H3,(H,22,28)/t18-/m0/s1. The van der Waals surface area contributed by atoms with Gasteiger partial charge in [-0.25, -0.2) is 9.18 Å². The molecule has 0 spiro atoms. The number of rotatable bonds is 10. The van der Waals surface area contributed by atoms with Gasteiger partial charge in [0.1, 0.15) is 12.4 Å². The zero-order chi connectivity index (χ0) is 20.5. The minimum absolute atomic E-state index is 0.136. The first-order chi connectivity index (χ1) is 13.5. The number of nitrogens with zero attached hydrogens (tertiary/aromatic N) is 1. The molecule has 1 N–H and O–H groups in total. The Kier molecular flexibility index (Phi) is 8.82. The van der Waals surface area contributed by atoms with Crippen molar-refractivity contribution >= 4 is 23.3 Å². The van der Waals surface area contributed by atoms with Gasteiger partial charge in [0.05, 0.1) is 18.2 Å². The van der Waals surface area contributed by atoms with E-state index in [0.717, 1.165) is 6.42 Å². The molecule has 1 aliphatic heterocycles. The molecule has 0 aromatic heterocycles. The lowest BCUT2D eigenvalue weighted by atomic mass is 9.95. The Hall–Kier alpha value is -2.03. The van der Waals surface area contributed by atoms with Crippen molar-refractivity contribution in [2.24, 2.45) is 0 Å². The van der Waals surface area contributed by atoms with Crippen LogP contribution in [0.2, 0.25) is 0 Å². The fourth-order valence-corrected chi connectivity index (χ4v) is 3.36. The first-order valence-electron chi connectivity index (χ1n) is 9.27. The third-order valence-corrected chi connectivity index (χ3v) is 4.73. The van der Waals surface area contributed by atoms with Crippen molar-refractivity contribution in [2.75, 3.05) is 40.1 Å². The van der Waals surface area contributed by atoms with E-state index < -0.39 is 12.0 Å². The van der Waals surface area contributed by atoms with Gasteiger partial charge in [-0.3, -0.25) is 0 Å². The van der Waals surface area contributed by atoms with E-state index >= 15 is 0 Å². The van der Waals surface area contributed by atoms with Crippen LogP contribution in [0.1, 0.15) is 31.9 Å². The third kappa shape index (κ3) is 5.73. The quantitative estimate of drug-likeness (QED) is 0.362. The molecule has 1 aliphatic rings. The molecule has 0 radical (unpaired) electrons. The molecule has 1 aromatic carbocycles. The van der Waals surface area contributed by atoms with E-state index in [0.29, 0.717) is 48.3 Å². The van der Waals surface area contributed by atoms with E-state index in [2.05, 4.69) is 5.32 Å². The van der Waals surface area contributed by atoms with Crippen LogP contribution in [0.3, 0.4) is 0 Å². The maximum Gasteiger partial charge on any atom is 0.338 e. The molecular formula is C20H27FN2O4S. The molecule has 0 saturated carbocycles. The van der Waals surface area contributed by atoms with Gasteiger partial charge in [-0.15, -0.1) is 0 Å². The molecule has 8 heteroatoms. The molecule has 2 rings (SSSR count). The molecule has 28 heavy (non-hydrogen) atoms. The number of carbonyl (C=O) groups is 1. The Morgan fingerprint density at radius 2 is 2.11 bits per heavy atom. The molecule has 1 aromatic rings. The van der Waals surface area contributed by atoms with E-state index in [4.69, 9.17) is 26.4 Å². The molecular weight excluding hydrogens is 383 g/mol. The van der Waals surface area contributed by atoms with Crippen molar-refractivity contribution in [1.29, 1.82) is 0 Å². The van der Waals surface area contributed by atoms with Crippen molar-refractivity contribution in [1.82, 2.24) is 10.2 Å². The summed E-state index contributed by atoms with van der Waals surface area (Å²) in [6.45, 7) is 6.05. The lowest BCUT2D eigenvalue weighted by Crippen LogP contribution is -2.48. The maximum absolute atomic E-state index is 13.8. The van der Waals surface area contributed by atoms with Gasteiger partial charge < -0.3 is 24.4 Å². The van der Waals surface area contributed by atoms with Crippen LogP contribution >= 0.6 is 12.2 Å². The van der Waals surface area contributed by atoms with E-state index in [1.807, 2.05) is 18.7 Å². The minimum atomic E-state index is -0.582. The highest BCUT2D eigenvalue weighted by molar-refractivity contribution is 7.80. The lowest BCUT2D eigenvalue weighted by molar-refractivity contribution is -0.140. The summed E-state index contributed by atoms with van der Waals surface area (Å²) in [5, 5.41) is 3.65. The van der Waals surface area contributed by atoms with Crippen LogP contribution in [-0.4, -0.2) is 56.1 Å². The van der Waals surface area contributed by atoms with Crippen molar-refractivity contribution in [3.8, 4) is 0 Å². The average Bonchev–Trinajstić information content (AvgIpc) is 2.67. The first kappa shape index (κ1) is 22.3. The van der Waals surface area contributed by atoms with Gasteiger partial charge in [0.25, 0.3) is 0 Å². The van der Waals surface area contributed by atoms with E-state index in [9.17, 15) is 9.18 Å². The highest BCUT2D eigenvalue weighted by Crippen LogP contribution is 2.31. The Labute approximate surface area is 170 Å². The predicted molar refractivity (Wildman–Crippen MR) is 108 cm³/mol. The Morgan fingerprint density at radius 1 is 1.32 bits per heavy atom. The zero-order valence-electron chi connectivity index (χ0n) is 16.5. The number of benzene rings is 1. The van der Waals surface area contributed by atoms with Gasteiger partial charge >= 0.3 is 5.97 Å². The van der Waals surface area contributed by atoms with E-state index in [-0.39, 0.29) is 12.4 Å². The SMILES string of the molecule is CCOCCCN1C(=S)N[C@@H](c2cccc(F)c2)C(C(=O)OCCOC)=C1C. The topological polar surface area (TPSA) is 60.0 Å². The normalized spacial score (nSPS) is 16.9. The molecule has 0 saturated heterocycles.